The Labute approximate surface area is 162 Å². The first-order valence-electron chi connectivity index (χ1n) is 10.6. The summed E-state index contributed by atoms with van der Waals surface area (Å²) in [6.07, 6.45) is 16.9. The zero-order valence-corrected chi connectivity index (χ0v) is 18.3. The van der Waals surface area contributed by atoms with Gasteiger partial charge >= 0.3 is 0 Å². The lowest BCUT2D eigenvalue weighted by atomic mass is 9.86. The Morgan fingerprint density at radius 3 is 1.73 bits per heavy atom. The minimum absolute atomic E-state index is 0. The Kier molecular flexibility index (Phi) is 18.3. The zero-order valence-electron chi connectivity index (χ0n) is 17.5. The lowest BCUT2D eigenvalue weighted by molar-refractivity contribution is 0.269. The molecule has 6 heteroatoms. The molecule has 0 aliphatic carbocycles. The highest BCUT2D eigenvalue weighted by atomic mass is 32.2. The Bertz CT molecular complexity index is 395. The SMILES string of the molecule is CCCCCCCCCCCC(CC)(CC)NCCCCS(=O)(=O)O.O. The van der Waals surface area contributed by atoms with E-state index in [-0.39, 0.29) is 16.8 Å². The minimum atomic E-state index is -3.81. The van der Waals surface area contributed by atoms with Crippen LogP contribution in [0.2, 0.25) is 0 Å². The predicted octanol–water partition coefficient (Wildman–Crippen LogP) is 4.90. The van der Waals surface area contributed by atoms with Crippen LogP contribution < -0.4 is 5.32 Å². The molecule has 0 radical (unpaired) electrons. The monoisotopic (exact) mass is 395 g/mol. The van der Waals surface area contributed by atoms with Gasteiger partial charge < -0.3 is 10.8 Å². The number of rotatable bonds is 18. The molecule has 0 amide bonds. The summed E-state index contributed by atoms with van der Waals surface area (Å²) >= 11 is 0. The van der Waals surface area contributed by atoms with E-state index in [0.717, 1.165) is 25.8 Å². The van der Waals surface area contributed by atoms with Crippen LogP contribution in [0.5, 0.6) is 0 Å². The Morgan fingerprint density at radius 1 is 0.769 bits per heavy atom. The van der Waals surface area contributed by atoms with Gasteiger partial charge in [-0.2, -0.15) is 8.42 Å². The average Bonchev–Trinajstić information content (AvgIpc) is 2.57. The van der Waals surface area contributed by atoms with Crippen LogP contribution in [-0.2, 0) is 10.1 Å². The van der Waals surface area contributed by atoms with Gasteiger partial charge in [-0.25, -0.2) is 0 Å². The third kappa shape index (κ3) is 16.0. The van der Waals surface area contributed by atoms with E-state index in [1.54, 1.807) is 0 Å². The summed E-state index contributed by atoms with van der Waals surface area (Å²) in [7, 11) is -3.81. The summed E-state index contributed by atoms with van der Waals surface area (Å²) in [5.41, 5.74) is 0.194. The lowest BCUT2D eigenvalue weighted by Gasteiger charge is -2.33. The predicted molar refractivity (Wildman–Crippen MR) is 112 cm³/mol. The van der Waals surface area contributed by atoms with Gasteiger partial charge in [0, 0.05) is 5.54 Å². The molecule has 0 aromatic rings. The van der Waals surface area contributed by atoms with Crippen molar-refractivity contribution in [3.8, 4) is 0 Å². The quantitative estimate of drug-likeness (QED) is 0.255. The molecule has 0 spiro atoms. The molecule has 0 saturated heterocycles. The van der Waals surface area contributed by atoms with Crippen LogP contribution in [0.4, 0.5) is 0 Å². The van der Waals surface area contributed by atoms with E-state index >= 15 is 0 Å². The molecule has 5 nitrogen and oxygen atoms in total. The van der Waals surface area contributed by atoms with E-state index in [4.69, 9.17) is 4.55 Å². The molecule has 0 rings (SSSR count). The van der Waals surface area contributed by atoms with Gasteiger partial charge in [0.1, 0.15) is 0 Å². The molecular formula is C20H45NO4S. The molecule has 0 saturated carbocycles. The van der Waals surface area contributed by atoms with Crippen LogP contribution in [0, 0.1) is 0 Å². The standard InChI is InChI=1S/C20H43NO3S.H2O/c1-4-7-8-9-10-11-12-13-14-17-20(5-2,6-3)21-18-15-16-19-25(22,23)24;/h21H,4-19H2,1-3H3,(H,22,23,24);1H2. The summed E-state index contributed by atoms with van der Waals surface area (Å²) < 4.78 is 30.2. The molecule has 0 bridgehead atoms. The summed E-state index contributed by atoms with van der Waals surface area (Å²) in [6.45, 7) is 7.57. The van der Waals surface area contributed by atoms with Crippen molar-refractivity contribution < 1.29 is 18.4 Å². The summed E-state index contributed by atoms with van der Waals surface area (Å²) in [5.74, 6) is -0.127. The van der Waals surface area contributed by atoms with Crippen LogP contribution in [0.15, 0.2) is 0 Å². The van der Waals surface area contributed by atoms with Crippen molar-refractivity contribution in [2.45, 2.75) is 116 Å². The number of hydrogen-bond acceptors (Lipinski definition) is 3. The van der Waals surface area contributed by atoms with Gasteiger partial charge in [0.05, 0.1) is 5.75 Å². The third-order valence-electron chi connectivity index (χ3n) is 5.44. The molecule has 160 valence electrons. The average molecular weight is 396 g/mol. The van der Waals surface area contributed by atoms with Crippen LogP contribution in [0.3, 0.4) is 0 Å². The van der Waals surface area contributed by atoms with Gasteiger partial charge in [0.2, 0.25) is 0 Å². The fourth-order valence-electron chi connectivity index (χ4n) is 3.48. The van der Waals surface area contributed by atoms with Gasteiger partial charge in [-0.3, -0.25) is 4.55 Å². The molecule has 0 aromatic heterocycles. The lowest BCUT2D eigenvalue weighted by Crippen LogP contribution is -2.44. The van der Waals surface area contributed by atoms with Crippen molar-refractivity contribution in [1.82, 2.24) is 5.32 Å². The van der Waals surface area contributed by atoms with E-state index in [2.05, 4.69) is 26.1 Å². The van der Waals surface area contributed by atoms with Crippen molar-refractivity contribution in [2.75, 3.05) is 12.3 Å². The van der Waals surface area contributed by atoms with E-state index < -0.39 is 10.1 Å². The highest BCUT2D eigenvalue weighted by Crippen LogP contribution is 2.23. The summed E-state index contributed by atoms with van der Waals surface area (Å²) in [6, 6.07) is 0. The van der Waals surface area contributed by atoms with Crippen LogP contribution in [0.1, 0.15) is 111 Å². The molecule has 0 aliphatic heterocycles. The fraction of sp³-hybridized carbons (Fsp3) is 1.00. The van der Waals surface area contributed by atoms with Crippen molar-refractivity contribution in [1.29, 1.82) is 0 Å². The molecule has 0 atom stereocenters. The van der Waals surface area contributed by atoms with Gasteiger partial charge in [0.25, 0.3) is 10.1 Å². The number of nitrogens with one attached hydrogen (secondary N) is 1. The first kappa shape index (κ1) is 28.0. The fourth-order valence-corrected chi connectivity index (χ4v) is 4.05. The molecule has 0 aromatic carbocycles. The summed E-state index contributed by atoms with van der Waals surface area (Å²) in [4.78, 5) is 0. The third-order valence-corrected chi connectivity index (χ3v) is 6.25. The van der Waals surface area contributed by atoms with Crippen LogP contribution in [0.25, 0.3) is 0 Å². The molecule has 4 N–H and O–H groups in total. The van der Waals surface area contributed by atoms with Crippen molar-refractivity contribution in [2.24, 2.45) is 0 Å². The van der Waals surface area contributed by atoms with E-state index in [1.165, 1.54) is 64.2 Å². The zero-order chi connectivity index (χ0) is 19.0. The van der Waals surface area contributed by atoms with Crippen molar-refractivity contribution >= 4 is 10.1 Å². The van der Waals surface area contributed by atoms with Crippen LogP contribution in [-0.4, -0.2) is 36.3 Å². The second-order valence-electron chi connectivity index (χ2n) is 7.49. The minimum Gasteiger partial charge on any atom is -0.412 e. The molecule has 0 aliphatic rings. The van der Waals surface area contributed by atoms with Crippen molar-refractivity contribution in [3.63, 3.8) is 0 Å². The van der Waals surface area contributed by atoms with Gasteiger partial charge in [-0.05, 0) is 38.6 Å². The second kappa shape index (κ2) is 17.0. The highest BCUT2D eigenvalue weighted by molar-refractivity contribution is 7.85. The number of unbranched alkanes of at least 4 members (excludes halogenated alkanes) is 9. The van der Waals surface area contributed by atoms with E-state index in [9.17, 15) is 8.42 Å². The molecule has 0 fully saturated rings. The maximum atomic E-state index is 10.7. The smallest absolute Gasteiger partial charge is 0.264 e. The van der Waals surface area contributed by atoms with Crippen LogP contribution >= 0.6 is 0 Å². The topological polar surface area (TPSA) is 97.9 Å². The first-order chi connectivity index (χ1) is 11.9. The Morgan fingerprint density at radius 2 is 1.27 bits per heavy atom. The molecular weight excluding hydrogens is 350 g/mol. The van der Waals surface area contributed by atoms with Gasteiger partial charge in [0.15, 0.2) is 0 Å². The molecule has 0 heterocycles. The highest BCUT2D eigenvalue weighted by Gasteiger charge is 2.24. The van der Waals surface area contributed by atoms with E-state index in [0.29, 0.717) is 6.42 Å². The maximum Gasteiger partial charge on any atom is 0.264 e. The Balaban J connectivity index is 0. The van der Waals surface area contributed by atoms with Gasteiger partial charge in [-0.1, -0.05) is 78.6 Å². The summed E-state index contributed by atoms with van der Waals surface area (Å²) in [5, 5.41) is 3.67. The van der Waals surface area contributed by atoms with Crippen molar-refractivity contribution in [3.05, 3.63) is 0 Å². The molecule has 0 unspecified atom stereocenters. The first-order valence-corrected chi connectivity index (χ1v) is 12.2. The number of hydrogen-bond donors (Lipinski definition) is 2. The Hall–Kier alpha value is -0.170. The second-order valence-corrected chi connectivity index (χ2v) is 9.06. The van der Waals surface area contributed by atoms with Gasteiger partial charge in [-0.15, -0.1) is 0 Å². The normalized spacial score (nSPS) is 12.2. The van der Waals surface area contributed by atoms with E-state index in [1.807, 2.05) is 0 Å². The maximum absolute atomic E-state index is 10.7. The molecule has 26 heavy (non-hydrogen) atoms. The largest absolute Gasteiger partial charge is 0.412 e.